The molecule has 2 atom stereocenters. The van der Waals surface area contributed by atoms with Crippen molar-refractivity contribution in [2.45, 2.75) is 45.2 Å². The van der Waals surface area contributed by atoms with Gasteiger partial charge in [0.2, 0.25) is 0 Å². The largest absolute Gasteiger partial charge is 0.307 e. The van der Waals surface area contributed by atoms with Gasteiger partial charge in [-0.3, -0.25) is 0 Å². The number of likely N-dealkylation sites (tertiary alicyclic amines) is 1. The van der Waals surface area contributed by atoms with E-state index in [1.807, 2.05) is 6.92 Å². The number of hydrogen-bond donors (Lipinski definition) is 1. The van der Waals surface area contributed by atoms with E-state index in [9.17, 15) is 8.78 Å². The van der Waals surface area contributed by atoms with Gasteiger partial charge in [0, 0.05) is 17.6 Å². The molecule has 1 N–H and O–H groups in total. The molecule has 1 fully saturated rings. The molecule has 1 heterocycles. The molecule has 0 radical (unpaired) electrons. The number of benzene rings is 1. The molecule has 20 heavy (non-hydrogen) atoms. The Bertz CT molecular complexity index is 416. The topological polar surface area (TPSA) is 15.3 Å². The molecule has 1 aromatic rings. The first-order valence-electron chi connectivity index (χ1n) is 7.54. The quantitative estimate of drug-likeness (QED) is 0.909. The Morgan fingerprint density at radius 2 is 1.95 bits per heavy atom. The van der Waals surface area contributed by atoms with Crippen LogP contribution in [0.5, 0.6) is 0 Å². The van der Waals surface area contributed by atoms with E-state index in [-0.39, 0.29) is 11.6 Å². The van der Waals surface area contributed by atoms with Gasteiger partial charge in [-0.1, -0.05) is 13.0 Å². The molecule has 0 spiro atoms. The molecule has 2 nitrogen and oxygen atoms in total. The van der Waals surface area contributed by atoms with Crippen LogP contribution in [0.4, 0.5) is 8.78 Å². The lowest BCUT2D eigenvalue weighted by molar-refractivity contribution is 0.295. The lowest BCUT2D eigenvalue weighted by atomic mass is 10.0. The molecule has 1 aliphatic heterocycles. The highest BCUT2D eigenvalue weighted by Gasteiger charge is 2.21. The molecule has 4 heteroatoms. The van der Waals surface area contributed by atoms with Gasteiger partial charge in [-0.15, -0.1) is 0 Å². The molecule has 1 aromatic carbocycles. The van der Waals surface area contributed by atoms with E-state index < -0.39 is 11.6 Å². The summed E-state index contributed by atoms with van der Waals surface area (Å²) in [5.74, 6) is -0.928. The van der Waals surface area contributed by atoms with Gasteiger partial charge >= 0.3 is 0 Å². The van der Waals surface area contributed by atoms with Gasteiger partial charge in [-0.05, 0) is 58.0 Å². The van der Waals surface area contributed by atoms with Crippen LogP contribution >= 0.6 is 0 Å². The minimum absolute atomic E-state index is 0.157. The van der Waals surface area contributed by atoms with Crippen molar-refractivity contribution in [3.63, 3.8) is 0 Å². The van der Waals surface area contributed by atoms with E-state index >= 15 is 0 Å². The monoisotopic (exact) mass is 282 g/mol. The van der Waals surface area contributed by atoms with E-state index in [0.29, 0.717) is 6.04 Å². The summed E-state index contributed by atoms with van der Waals surface area (Å²) < 4.78 is 27.5. The Kier molecular flexibility index (Phi) is 5.49. The first-order chi connectivity index (χ1) is 9.61. The normalized spacial score (nSPS) is 22.5. The second kappa shape index (κ2) is 7.14. The highest BCUT2D eigenvalue weighted by molar-refractivity contribution is 5.22. The van der Waals surface area contributed by atoms with Crippen LogP contribution in [0.25, 0.3) is 0 Å². The van der Waals surface area contributed by atoms with Crippen LogP contribution in [-0.2, 0) is 0 Å². The minimum atomic E-state index is -0.464. The van der Waals surface area contributed by atoms with Gasteiger partial charge in [0.05, 0.1) is 0 Å². The summed E-state index contributed by atoms with van der Waals surface area (Å²) in [7, 11) is 0. The fraction of sp³-hybridized carbons (Fsp3) is 0.625. The average molecular weight is 282 g/mol. The van der Waals surface area contributed by atoms with Gasteiger partial charge in [0.15, 0.2) is 0 Å². The summed E-state index contributed by atoms with van der Waals surface area (Å²) >= 11 is 0. The van der Waals surface area contributed by atoms with Crippen LogP contribution < -0.4 is 5.32 Å². The van der Waals surface area contributed by atoms with Crippen molar-refractivity contribution in [3.8, 4) is 0 Å². The van der Waals surface area contributed by atoms with Crippen LogP contribution in [0.3, 0.4) is 0 Å². The van der Waals surface area contributed by atoms with E-state index in [2.05, 4.69) is 17.1 Å². The van der Waals surface area contributed by atoms with Crippen LogP contribution in [0.2, 0.25) is 0 Å². The zero-order valence-electron chi connectivity index (χ0n) is 12.3. The van der Waals surface area contributed by atoms with E-state index in [0.717, 1.165) is 38.9 Å². The molecule has 0 saturated carbocycles. The maximum Gasteiger partial charge on any atom is 0.130 e. The van der Waals surface area contributed by atoms with Crippen molar-refractivity contribution in [1.82, 2.24) is 10.2 Å². The maximum atomic E-state index is 13.8. The molecular weight excluding hydrogens is 258 g/mol. The molecule has 1 aliphatic rings. The lowest BCUT2D eigenvalue weighted by Gasteiger charge is -2.23. The molecule has 0 aromatic heterocycles. The average Bonchev–Trinajstić information content (AvgIpc) is 2.63. The highest BCUT2D eigenvalue weighted by atomic mass is 19.1. The number of rotatable bonds is 4. The second-order valence-corrected chi connectivity index (χ2v) is 5.59. The SMILES string of the molecule is CCN1CCCC(NC(C)c2c(F)cccc2F)CC1. The molecular formula is C16H24F2N2. The minimum Gasteiger partial charge on any atom is -0.307 e. The first kappa shape index (κ1) is 15.4. The van der Waals surface area contributed by atoms with Gasteiger partial charge in [0.25, 0.3) is 0 Å². The third-order valence-electron chi connectivity index (χ3n) is 4.19. The molecule has 1 saturated heterocycles. The van der Waals surface area contributed by atoms with Crippen molar-refractivity contribution in [2.75, 3.05) is 19.6 Å². The molecule has 2 rings (SSSR count). The summed E-state index contributed by atoms with van der Waals surface area (Å²) in [5, 5.41) is 3.39. The van der Waals surface area contributed by atoms with Gasteiger partial charge in [0.1, 0.15) is 11.6 Å². The summed E-state index contributed by atoms with van der Waals surface area (Å²) in [6.07, 6.45) is 3.24. The van der Waals surface area contributed by atoms with Gasteiger partial charge in [-0.25, -0.2) is 8.78 Å². The summed E-state index contributed by atoms with van der Waals surface area (Å²) in [6, 6.07) is 4.09. The van der Waals surface area contributed by atoms with Crippen LogP contribution in [0.1, 0.15) is 44.7 Å². The predicted octanol–water partition coefficient (Wildman–Crippen LogP) is 3.49. The van der Waals surface area contributed by atoms with Crippen molar-refractivity contribution in [3.05, 3.63) is 35.4 Å². The van der Waals surface area contributed by atoms with Crippen molar-refractivity contribution >= 4 is 0 Å². The van der Waals surface area contributed by atoms with Crippen molar-refractivity contribution in [2.24, 2.45) is 0 Å². The van der Waals surface area contributed by atoms with E-state index in [1.165, 1.54) is 18.2 Å². The molecule has 0 bridgehead atoms. The van der Waals surface area contributed by atoms with Crippen LogP contribution in [0.15, 0.2) is 18.2 Å². The Labute approximate surface area is 120 Å². The van der Waals surface area contributed by atoms with Crippen LogP contribution in [0, 0.1) is 11.6 Å². The molecule has 2 unspecified atom stereocenters. The zero-order chi connectivity index (χ0) is 14.5. The highest BCUT2D eigenvalue weighted by Crippen LogP contribution is 2.22. The van der Waals surface area contributed by atoms with Gasteiger partial charge < -0.3 is 10.2 Å². The van der Waals surface area contributed by atoms with Gasteiger partial charge in [-0.2, -0.15) is 0 Å². The third kappa shape index (κ3) is 3.76. The van der Waals surface area contributed by atoms with Crippen LogP contribution in [-0.4, -0.2) is 30.6 Å². The summed E-state index contributed by atoms with van der Waals surface area (Å²) in [5.41, 5.74) is 0.157. The predicted molar refractivity (Wildman–Crippen MR) is 77.7 cm³/mol. The standard InChI is InChI=1S/C16H24F2N2/c1-3-20-10-5-6-13(9-11-20)19-12(2)16-14(17)7-4-8-15(16)18/h4,7-8,12-13,19H,3,5-6,9-11H2,1-2H3. The van der Waals surface area contributed by atoms with Crippen molar-refractivity contribution in [1.29, 1.82) is 0 Å². The van der Waals surface area contributed by atoms with Crippen molar-refractivity contribution < 1.29 is 8.78 Å². The first-order valence-corrected chi connectivity index (χ1v) is 7.54. The molecule has 0 amide bonds. The Hall–Kier alpha value is -1.00. The molecule has 0 aliphatic carbocycles. The zero-order valence-corrected chi connectivity index (χ0v) is 12.3. The van der Waals surface area contributed by atoms with E-state index in [1.54, 1.807) is 0 Å². The van der Waals surface area contributed by atoms with E-state index in [4.69, 9.17) is 0 Å². The molecule has 112 valence electrons. The summed E-state index contributed by atoms with van der Waals surface area (Å²) in [4.78, 5) is 2.43. The third-order valence-corrected chi connectivity index (χ3v) is 4.19. The Morgan fingerprint density at radius 3 is 2.60 bits per heavy atom. The fourth-order valence-corrected chi connectivity index (χ4v) is 3.00. The maximum absolute atomic E-state index is 13.8. The smallest absolute Gasteiger partial charge is 0.130 e. The number of hydrogen-bond acceptors (Lipinski definition) is 2. The number of nitrogens with zero attached hydrogens (tertiary/aromatic N) is 1. The lowest BCUT2D eigenvalue weighted by Crippen LogP contribution is -2.33. The fourth-order valence-electron chi connectivity index (χ4n) is 3.00. The Balaban J connectivity index is 1.99. The summed E-state index contributed by atoms with van der Waals surface area (Å²) in [6.45, 7) is 7.26. The number of nitrogens with one attached hydrogen (secondary N) is 1. The number of halogens is 2. The second-order valence-electron chi connectivity index (χ2n) is 5.59. The Morgan fingerprint density at radius 1 is 1.25 bits per heavy atom.